The second-order valence-corrected chi connectivity index (χ2v) is 9.62. The van der Waals surface area contributed by atoms with E-state index in [0.717, 1.165) is 12.1 Å². The molecule has 0 fully saturated rings. The largest absolute Gasteiger partial charge is 0.434 e. The van der Waals surface area contributed by atoms with E-state index >= 15 is 0 Å². The molecule has 0 saturated heterocycles. The molecule has 0 aliphatic carbocycles. The van der Waals surface area contributed by atoms with Gasteiger partial charge < -0.3 is 0 Å². The number of nitrogens with zero attached hydrogens (tertiary/aromatic N) is 4. The Labute approximate surface area is 234 Å². The Hall–Kier alpha value is -4.24. The van der Waals surface area contributed by atoms with E-state index in [9.17, 15) is 52.7 Å². The van der Waals surface area contributed by atoms with Gasteiger partial charge in [-0.05, 0) is 62.4 Å². The molecule has 0 saturated carbocycles. The van der Waals surface area contributed by atoms with Crippen LogP contribution in [-0.4, -0.2) is 19.9 Å². The van der Waals surface area contributed by atoms with Crippen molar-refractivity contribution in [3.63, 3.8) is 0 Å². The summed E-state index contributed by atoms with van der Waals surface area (Å²) in [6, 6.07) is 9.33. The topological polar surface area (TPSA) is 51.6 Å². The summed E-state index contributed by atoms with van der Waals surface area (Å²) >= 11 is 0. The molecule has 0 aliphatic heterocycles. The van der Waals surface area contributed by atoms with Crippen LogP contribution >= 0.6 is 0 Å². The van der Waals surface area contributed by atoms with Gasteiger partial charge in [0.1, 0.15) is 11.4 Å². The summed E-state index contributed by atoms with van der Waals surface area (Å²) < 4.78 is 160. The van der Waals surface area contributed by atoms with Crippen molar-refractivity contribution < 1.29 is 52.7 Å². The molecule has 0 aliphatic rings. The van der Waals surface area contributed by atoms with Gasteiger partial charge in [0.05, 0.1) is 22.8 Å². The Morgan fingerprint density at radius 2 is 0.744 bits per heavy atom. The van der Waals surface area contributed by atoms with Gasteiger partial charge in [0, 0.05) is 16.5 Å². The standard InChI is InChI=1S/C27H16F12N4/c1-23(2,17-7-3-5-15(40-17)13-9-11-19(24(28,29)30)42-21(13)26(34,35)36)18-8-4-6-16(41-18)14-10-12-20(25(31,32)33)43-22(14)27(37,38)39/h3-12H,1-2H3. The van der Waals surface area contributed by atoms with Crippen LogP contribution in [0.4, 0.5) is 52.7 Å². The Balaban J connectivity index is 1.81. The molecule has 0 bridgehead atoms. The number of halogens is 12. The van der Waals surface area contributed by atoms with E-state index in [2.05, 4.69) is 19.9 Å². The summed E-state index contributed by atoms with van der Waals surface area (Å²) in [7, 11) is 0. The summed E-state index contributed by atoms with van der Waals surface area (Å²) in [6.07, 6.45) is -20.9. The number of rotatable bonds is 4. The Bertz CT molecular complexity index is 1530. The van der Waals surface area contributed by atoms with Crippen molar-refractivity contribution in [2.75, 3.05) is 0 Å². The molecule has 4 aromatic heterocycles. The SMILES string of the molecule is CC(C)(c1cccc(-c2ccc(C(F)(F)F)nc2C(F)(F)F)n1)c1cccc(-c2ccc(C(F)(F)F)nc2C(F)(F)F)n1. The van der Waals surface area contributed by atoms with Gasteiger partial charge in [0.15, 0.2) is 11.4 Å². The molecule has 43 heavy (non-hydrogen) atoms. The Morgan fingerprint density at radius 3 is 1.05 bits per heavy atom. The smallest absolute Gasteiger partial charge is 0.252 e. The van der Waals surface area contributed by atoms with Crippen LogP contribution in [-0.2, 0) is 30.1 Å². The van der Waals surface area contributed by atoms with E-state index in [4.69, 9.17) is 0 Å². The van der Waals surface area contributed by atoms with Crippen molar-refractivity contribution in [3.8, 4) is 22.5 Å². The summed E-state index contributed by atoms with van der Waals surface area (Å²) in [5.74, 6) is 0. The van der Waals surface area contributed by atoms with Crippen molar-refractivity contribution >= 4 is 0 Å². The van der Waals surface area contributed by atoms with E-state index in [1.165, 1.54) is 38.1 Å². The average molecular weight is 624 g/mol. The molecule has 0 spiro atoms. The van der Waals surface area contributed by atoms with E-state index in [0.29, 0.717) is 24.3 Å². The maximum absolute atomic E-state index is 13.7. The highest BCUT2D eigenvalue weighted by molar-refractivity contribution is 5.65. The lowest BCUT2D eigenvalue weighted by Crippen LogP contribution is -2.23. The third-order valence-electron chi connectivity index (χ3n) is 6.24. The van der Waals surface area contributed by atoms with Crippen molar-refractivity contribution in [2.24, 2.45) is 0 Å². The fraction of sp³-hybridized carbons (Fsp3) is 0.259. The van der Waals surface area contributed by atoms with E-state index < -0.39 is 75.4 Å². The van der Waals surface area contributed by atoms with Crippen LogP contribution in [0.5, 0.6) is 0 Å². The van der Waals surface area contributed by atoms with E-state index in [1.54, 1.807) is 0 Å². The molecule has 4 heterocycles. The van der Waals surface area contributed by atoms with Crippen molar-refractivity contribution in [2.45, 2.75) is 44.0 Å². The first kappa shape index (κ1) is 31.7. The molecular formula is C27H16F12N4. The molecule has 4 aromatic rings. The van der Waals surface area contributed by atoms with Crippen LogP contribution in [0.1, 0.15) is 48.0 Å². The molecule has 228 valence electrons. The summed E-state index contributed by atoms with van der Waals surface area (Å²) in [5.41, 5.74) is -10.8. The zero-order chi connectivity index (χ0) is 32.2. The number of pyridine rings is 4. The maximum atomic E-state index is 13.7. The van der Waals surface area contributed by atoms with Crippen LogP contribution in [0.25, 0.3) is 22.5 Å². The quantitative estimate of drug-likeness (QED) is 0.213. The molecule has 0 N–H and O–H groups in total. The number of aromatic nitrogens is 4. The lowest BCUT2D eigenvalue weighted by atomic mass is 9.84. The molecule has 0 radical (unpaired) electrons. The number of alkyl halides is 12. The van der Waals surface area contributed by atoms with Gasteiger partial charge in [0.25, 0.3) is 0 Å². The van der Waals surface area contributed by atoms with Gasteiger partial charge in [-0.1, -0.05) is 12.1 Å². The van der Waals surface area contributed by atoms with E-state index in [1.807, 2.05) is 0 Å². The first-order chi connectivity index (χ1) is 19.6. The fourth-order valence-electron chi connectivity index (χ4n) is 4.08. The van der Waals surface area contributed by atoms with Crippen molar-refractivity contribution in [1.29, 1.82) is 0 Å². The highest BCUT2D eigenvalue weighted by Gasteiger charge is 2.42. The summed E-state index contributed by atoms with van der Waals surface area (Å²) in [4.78, 5) is 13.9. The Morgan fingerprint density at radius 1 is 0.395 bits per heavy atom. The van der Waals surface area contributed by atoms with Crippen molar-refractivity contribution in [3.05, 3.63) is 94.8 Å². The monoisotopic (exact) mass is 624 g/mol. The van der Waals surface area contributed by atoms with Gasteiger partial charge in [-0.2, -0.15) is 52.7 Å². The van der Waals surface area contributed by atoms with Crippen LogP contribution < -0.4 is 0 Å². The predicted molar refractivity (Wildman–Crippen MR) is 127 cm³/mol. The first-order valence-corrected chi connectivity index (χ1v) is 11.9. The molecular weight excluding hydrogens is 608 g/mol. The second kappa shape index (κ2) is 10.5. The maximum Gasteiger partial charge on any atom is 0.434 e. The number of hydrogen-bond donors (Lipinski definition) is 0. The zero-order valence-corrected chi connectivity index (χ0v) is 21.6. The van der Waals surface area contributed by atoms with Gasteiger partial charge in [-0.25, -0.2) is 9.97 Å². The van der Waals surface area contributed by atoms with Gasteiger partial charge in [-0.15, -0.1) is 0 Å². The molecule has 0 amide bonds. The van der Waals surface area contributed by atoms with Gasteiger partial charge in [-0.3, -0.25) is 9.97 Å². The third kappa shape index (κ3) is 6.57. The normalized spacial score (nSPS) is 13.3. The number of hydrogen-bond acceptors (Lipinski definition) is 4. The molecule has 16 heteroatoms. The minimum atomic E-state index is -5.29. The highest BCUT2D eigenvalue weighted by atomic mass is 19.4. The molecule has 0 aromatic carbocycles. The lowest BCUT2D eigenvalue weighted by molar-refractivity contribution is -0.151. The van der Waals surface area contributed by atoms with Crippen LogP contribution in [0, 0.1) is 0 Å². The summed E-state index contributed by atoms with van der Waals surface area (Å²) in [5, 5.41) is 0. The predicted octanol–water partition coefficient (Wildman–Crippen LogP) is 9.00. The van der Waals surface area contributed by atoms with Crippen LogP contribution in [0.15, 0.2) is 60.7 Å². The fourth-order valence-corrected chi connectivity index (χ4v) is 4.08. The van der Waals surface area contributed by atoms with Crippen LogP contribution in [0.3, 0.4) is 0 Å². The molecule has 4 rings (SSSR count). The second-order valence-electron chi connectivity index (χ2n) is 9.62. The van der Waals surface area contributed by atoms with Crippen molar-refractivity contribution in [1.82, 2.24) is 19.9 Å². The minimum Gasteiger partial charge on any atom is -0.252 e. The summed E-state index contributed by atoms with van der Waals surface area (Å²) in [6.45, 7) is 2.94. The lowest BCUT2D eigenvalue weighted by Gasteiger charge is -2.25. The van der Waals surface area contributed by atoms with Gasteiger partial charge in [0.2, 0.25) is 0 Å². The van der Waals surface area contributed by atoms with Crippen LogP contribution in [0.2, 0.25) is 0 Å². The minimum absolute atomic E-state index is 0.0178. The molecule has 0 atom stereocenters. The highest BCUT2D eigenvalue weighted by Crippen LogP contribution is 2.41. The Kier molecular flexibility index (Phi) is 7.73. The molecule has 0 unspecified atom stereocenters. The zero-order valence-electron chi connectivity index (χ0n) is 21.6. The first-order valence-electron chi connectivity index (χ1n) is 11.9. The molecule has 4 nitrogen and oxygen atoms in total. The van der Waals surface area contributed by atoms with Gasteiger partial charge >= 0.3 is 24.7 Å². The third-order valence-corrected chi connectivity index (χ3v) is 6.24. The van der Waals surface area contributed by atoms with E-state index in [-0.39, 0.29) is 11.4 Å². The average Bonchev–Trinajstić information content (AvgIpc) is 2.90.